The van der Waals surface area contributed by atoms with Crippen LogP contribution in [-0.2, 0) is 10.0 Å². The van der Waals surface area contributed by atoms with E-state index < -0.39 is 38.3 Å². The number of nitrogens with two attached hydrogens (primary N) is 1. The molecule has 1 aliphatic rings. The summed E-state index contributed by atoms with van der Waals surface area (Å²) in [5.74, 6) is -2.89. The molecule has 158 valence electrons. The number of thiazole rings is 1. The lowest BCUT2D eigenvalue weighted by molar-refractivity contribution is 0.103. The van der Waals surface area contributed by atoms with Gasteiger partial charge in [0.25, 0.3) is 0 Å². The van der Waals surface area contributed by atoms with Gasteiger partial charge in [-0.15, -0.1) is 0 Å². The molecule has 1 saturated heterocycles. The average molecular weight is 445 g/mol. The molecule has 3 N–H and O–H groups in total. The van der Waals surface area contributed by atoms with E-state index in [-0.39, 0.29) is 16.7 Å². The molecule has 3 rings (SSSR count). The highest BCUT2D eigenvalue weighted by Gasteiger charge is 2.31. The Morgan fingerprint density at radius 2 is 1.86 bits per heavy atom. The number of carbonyl (C=O) groups excluding carboxylic acids is 1. The van der Waals surface area contributed by atoms with Crippen LogP contribution in [0.25, 0.3) is 0 Å². The molecule has 0 bridgehead atoms. The molecule has 0 amide bonds. The molecule has 0 spiro atoms. The van der Waals surface area contributed by atoms with Gasteiger partial charge in [0.1, 0.15) is 22.3 Å². The highest BCUT2D eigenvalue weighted by molar-refractivity contribution is 7.89. The van der Waals surface area contributed by atoms with Crippen LogP contribution < -0.4 is 11.1 Å². The number of carbonyl (C=O) groups is 1. The first-order chi connectivity index (χ1) is 13.6. The Morgan fingerprint density at radius 3 is 2.41 bits per heavy atom. The third kappa shape index (κ3) is 4.41. The highest BCUT2D eigenvalue weighted by atomic mass is 32.2. The Kier molecular flexibility index (Phi) is 6.20. The summed E-state index contributed by atoms with van der Waals surface area (Å²) in [5, 5.41) is 3.03. The minimum absolute atomic E-state index is 0.0451. The molecule has 2 aromatic rings. The maximum atomic E-state index is 13.9. The van der Waals surface area contributed by atoms with Crippen molar-refractivity contribution in [3.05, 3.63) is 40.3 Å². The van der Waals surface area contributed by atoms with E-state index >= 15 is 0 Å². The minimum Gasteiger partial charge on any atom is -0.382 e. The third-order valence-electron chi connectivity index (χ3n) is 4.79. The summed E-state index contributed by atoms with van der Waals surface area (Å²) in [7, 11) is -3.29. The lowest BCUT2D eigenvalue weighted by Crippen LogP contribution is -2.44. The molecule has 0 aliphatic carbocycles. The van der Waals surface area contributed by atoms with Gasteiger partial charge >= 0.3 is 0 Å². The topological polar surface area (TPSA) is 105 Å². The normalized spacial score (nSPS) is 16.3. The van der Waals surface area contributed by atoms with Gasteiger partial charge in [0.2, 0.25) is 15.8 Å². The van der Waals surface area contributed by atoms with Crippen molar-refractivity contribution < 1.29 is 22.0 Å². The average Bonchev–Trinajstić information content (AvgIpc) is 3.02. The van der Waals surface area contributed by atoms with Crippen LogP contribution in [-0.4, -0.2) is 47.9 Å². The maximum absolute atomic E-state index is 13.9. The van der Waals surface area contributed by atoms with E-state index in [9.17, 15) is 22.0 Å². The molecular formula is C18H22F2N4O3S2. The van der Waals surface area contributed by atoms with Gasteiger partial charge in [0.05, 0.1) is 10.8 Å². The van der Waals surface area contributed by atoms with Gasteiger partial charge in [-0.05, 0) is 38.8 Å². The van der Waals surface area contributed by atoms with Crippen LogP contribution in [0.2, 0.25) is 0 Å². The Hall–Kier alpha value is -2.11. The molecule has 1 fully saturated rings. The van der Waals surface area contributed by atoms with Gasteiger partial charge < -0.3 is 11.1 Å². The van der Waals surface area contributed by atoms with Gasteiger partial charge in [-0.3, -0.25) is 4.79 Å². The molecule has 7 nitrogen and oxygen atoms in total. The number of hydrogen-bond donors (Lipinski definition) is 2. The number of sulfonamides is 1. The van der Waals surface area contributed by atoms with Crippen molar-refractivity contribution in [2.45, 2.75) is 38.0 Å². The monoisotopic (exact) mass is 444 g/mol. The zero-order valence-corrected chi connectivity index (χ0v) is 17.6. The predicted octanol–water partition coefficient (Wildman–Crippen LogP) is 2.85. The van der Waals surface area contributed by atoms with E-state index in [0.717, 1.165) is 23.5 Å². The van der Waals surface area contributed by atoms with Crippen LogP contribution in [0, 0.1) is 11.6 Å². The molecule has 0 unspecified atom stereocenters. The SMILES string of the molecule is CC(C)S(=O)(=O)N1CCC(Nc2nc(N)c(C(=O)c3c(F)cccc3F)s2)CC1. The summed E-state index contributed by atoms with van der Waals surface area (Å²) < 4.78 is 53.8. The summed E-state index contributed by atoms with van der Waals surface area (Å²) in [4.78, 5) is 16.6. The smallest absolute Gasteiger partial charge is 0.216 e. The minimum atomic E-state index is -3.29. The van der Waals surface area contributed by atoms with Gasteiger partial charge in [-0.1, -0.05) is 17.4 Å². The van der Waals surface area contributed by atoms with E-state index in [1.807, 2.05) is 0 Å². The molecule has 1 aromatic carbocycles. The van der Waals surface area contributed by atoms with Crippen molar-refractivity contribution in [2.24, 2.45) is 0 Å². The summed E-state index contributed by atoms with van der Waals surface area (Å²) in [5.41, 5.74) is 5.14. The fourth-order valence-corrected chi connectivity index (χ4v) is 5.34. The maximum Gasteiger partial charge on any atom is 0.216 e. The van der Waals surface area contributed by atoms with E-state index in [1.54, 1.807) is 13.8 Å². The van der Waals surface area contributed by atoms with Gasteiger partial charge in [0, 0.05) is 19.1 Å². The number of nitrogen functional groups attached to an aromatic ring is 1. The summed E-state index contributed by atoms with van der Waals surface area (Å²) in [6, 6.07) is 3.14. The van der Waals surface area contributed by atoms with Crippen molar-refractivity contribution in [2.75, 3.05) is 24.1 Å². The third-order valence-corrected chi connectivity index (χ3v) is 8.06. The van der Waals surface area contributed by atoms with Gasteiger partial charge in [0.15, 0.2) is 5.13 Å². The van der Waals surface area contributed by atoms with Gasteiger partial charge in [-0.25, -0.2) is 26.5 Å². The molecule has 0 atom stereocenters. The van der Waals surface area contributed by atoms with Crippen molar-refractivity contribution in [1.29, 1.82) is 0 Å². The van der Waals surface area contributed by atoms with E-state index in [4.69, 9.17) is 5.73 Å². The van der Waals surface area contributed by atoms with Crippen LogP contribution in [0.5, 0.6) is 0 Å². The first kappa shape index (κ1) is 21.6. The lowest BCUT2D eigenvalue weighted by Gasteiger charge is -2.32. The lowest BCUT2D eigenvalue weighted by atomic mass is 10.1. The number of ketones is 1. The van der Waals surface area contributed by atoms with Crippen molar-refractivity contribution in [1.82, 2.24) is 9.29 Å². The molecule has 2 heterocycles. The summed E-state index contributed by atoms with van der Waals surface area (Å²) in [6.07, 6.45) is 1.13. The fraction of sp³-hybridized carbons (Fsp3) is 0.444. The number of rotatable bonds is 6. The molecule has 0 radical (unpaired) electrons. The van der Waals surface area contributed by atoms with Crippen molar-refractivity contribution >= 4 is 38.1 Å². The van der Waals surface area contributed by atoms with Crippen molar-refractivity contribution in [3.63, 3.8) is 0 Å². The van der Waals surface area contributed by atoms with E-state index in [0.29, 0.717) is 31.1 Å². The molecular weight excluding hydrogens is 422 g/mol. The highest BCUT2D eigenvalue weighted by Crippen LogP contribution is 2.30. The summed E-state index contributed by atoms with van der Waals surface area (Å²) in [6.45, 7) is 4.06. The van der Waals surface area contributed by atoms with Crippen LogP contribution in [0.4, 0.5) is 19.7 Å². The van der Waals surface area contributed by atoms with Crippen LogP contribution in [0.3, 0.4) is 0 Å². The number of nitrogens with zero attached hydrogens (tertiary/aromatic N) is 2. The second-order valence-electron chi connectivity index (χ2n) is 7.07. The standard InChI is InChI=1S/C18H22F2N4O3S2/c1-10(2)29(26,27)24-8-6-11(7-9-24)22-18-23-17(21)16(28-18)15(25)14-12(19)4-3-5-13(14)20/h3-5,10-11H,6-9,21H2,1-2H3,(H,22,23). The van der Waals surface area contributed by atoms with Crippen LogP contribution in [0.15, 0.2) is 18.2 Å². The van der Waals surface area contributed by atoms with E-state index in [2.05, 4.69) is 10.3 Å². The number of anilines is 2. The van der Waals surface area contributed by atoms with E-state index in [1.165, 1.54) is 10.4 Å². The Balaban J connectivity index is 1.70. The number of aromatic nitrogens is 1. The summed E-state index contributed by atoms with van der Waals surface area (Å²) >= 11 is 0.923. The molecule has 11 heteroatoms. The number of piperidine rings is 1. The predicted molar refractivity (Wildman–Crippen MR) is 109 cm³/mol. The van der Waals surface area contributed by atoms with Crippen molar-refractivity contribution in [3.8, 4) is 0 Å². The molecule has 1 aromatic heterocycles. The fourth-order valence-electron chi connectivity index (χ4n) is 3.11. The number of benzene rings is 1. The van der Waals surface area contributed by atoms with Crippen LogP contribution >= 0.6 is 11.3 Å². The Bertz CT molecular complexity index is 996. The molecule has 1 aliphatic heterocycles. The van der Waals surface area contributed by atoms with Crippen LogP contribution in [0.1, 0.15) is 41.9 Å². The number of halogens is 2. The van der Waals surface area contributed by atoms with Gasteiger partial charge in [-0.2, -0.15) is 0 Å². The zero-order valence-electron chi connectivity index (χ0n) is 16.0. The molecule has 0 saturated carbocycles. The largest absolute Gasteiger partial charge is 0.382 e. The number of hydrogen-bond acceptors (Lipinski definition) is 7. The number of nitrogens with one attached hydrogen (secondary N) is 1. The zero-order chi connectivity index (χ0) is 21.3. The Labute approximate surface area is 172 Å². The Morgan fingerprint density at radius 1 is 1.28 bits per heavy atom. The second kappa shape index (κ2) is 8.33. The second-order valence-corrected chi connectivity index (χ2v) is 10.6. The first-order valence-electron chi connectivity index (χ1n) is 9.11. The molecule has 29 heavy (non-hydrogen) atoms. The quantitative estimate of drug-likeness (QED) is 0.664. The first-order valence-corrected chi connectivity index (χ1v) is 11.4.